The average Bonchev–Trinajstić information content (AvgIpc) is 2.95. The normalized spacial score (nSPS) is 12.2. The molecule has 1 aliphatic rings. The maximum atomic E-state index is 12.3. The first-order valence-corrected chi connectivity index (χ1v) is 11.9. The molecule has 0 bridgehead atoms. The molecule has 0 unspecified atom stereocenters. The second-order valence-corrected chi connectivity index (χ2v) is 8.34. The van der Waals surface area contributed by atoms with Gasteiger partial charge in [-0.15, -0.1) is 0 Å². The van der Waals surface area contributed by atoms with Crippen molar-refractivity contribution in [2.75, 3.05) is 31.8 Å². The molecule has 40 heavy (non-hydrogen) atoms. The van der Waals surface area contributed by atoms with Crippen molar-refractivity contribution in [1.29, 1.82) is 0 Å². The zero-order valence-electron chi connectivity index (χ0n) is 21.0. The van der Waals surface area contributed by atoms with E-state index in [0.29, 0.717) is 54.5 Å². The average molecular weight is 617 g/mol. The molecule has 0 saturated carbocycles. The fraction of sp³-hybridized carbons (Fsp3) is 0.240. The molecule has 0 fully saturated rings. The number of rotatable bonds is 11. The van der Waals surface area contributed by atoms with Crippen molar-refractivity contribution in [3.8, 4) is 11.5 Å². The van der Waals surface area contributed by atoms with Gasteiger partial charge in [0.05, 0.1) is 21.5 Å². The maximum absolute atomic E-state index is 12.3. The third kappa shape index (κ3) is 7.48. The van der Waals surface area contributed by atoms with Crippen LogP contribution in [0.5, 0.6) is 11.5 Å². The number of amides is 1. The SMILES string of the molecule is O=C(NCCCO)c1cc[n+](C/C(=N/Nc2ccc([N+](=O)[O-])cc2[N+](=O)[O-])c2ccc3c(c2)OCCO3)cc1.[Br-]. The standard InChI is InChI=1S/C25H24N6O8.BrH/c32-11-1-8-26-25(33)17-6-9-29(10-7-17)16-21(18-2-5-23-24(14-18)39-13-12-38-23)28-27-20-4-3-19(30(34)35)15-22(20)31(36)37;/h2-7,9-10,14-15,27,32H,1,8,11-13,16H2;1H/b28-21-;. The Morgan fingerprint density at radius 1 is 0.975 bits per heavy atom. The number of pyridine rings is 1. The quantitative estimate of drug-likeness (QED) is 0.0815. The molecule has 15 heteroatoms. The molecule has 0 saturated heterocycles. The lowest BCUT2D eigenvalue weighted by atomic mass is 10.1. The summed E-state index contributed by atoms with van der Waals surface area (Å²) in [6.07, 6.45) is 3.82. The minimum atomic E-state index is -0.728. The number of aliphatic hydroxyl groups is 1. The van der Waals surface area contributed by atoms with Gasteiger partial charge < -0.3 is 36.9 Å². The van der Waals surface area contributed by atoms with Gasteiger partial charge >= 0.3 is 5.69 Å². The first-order chi connectivity index (χ1) is 18.9. The highest BCUT2D eigenvalue weighted by molar-refractivity contribution is 6.00. The van der Waals surface area contributed by atoms with E-state index in [1.54, 1.807) is 47.3 Å². The van der Waals surface area contributed by atoms with Gasteiger partial charge in [0.25, 0.3) is 11.6 Å². The number of aromatic nitrogens is 1. The number of fused-ring (bicyclic) bond motifs is 1. The van der Waals surface area contributed by atoms with Crippen LogP contribution in [0.3, 0.4) is 0 Å². The highest BCUT2D eigenvalue weighted by Crippen LogP contribution is 2.32. The number of hydrogen-bond donors (Lipinski definition) is 3. The summed E-state index contributed by atoms with van der Waals surface area (Å²) in [5.41, 5.74) is 3.24. The molecule has 210 valence electrons. The van der Waals surface area contributed by atoms with Crippen molar-refractivity contribution >= 4 is 28.7 Å². The van der Waals surface area contributed by atoms with Gasteiger partial charge in [-0.3, -0.25) is 30.4 Å². The van der Waals surface area contributed by atoms with Crippen LogP contribution in [-0.4, -0.2) is 52.9 Å². The minimum absolute atomic E-state index is 0. The van der Waals surface area contributed by atoms with Crippen LogP contribution in [0.25, 0.3) is 0 Å². The summed E-state index contributed by atoms with van der Waals surface area (Å²) in [5.74, 6) is 0.823. The van der Waals surface area contributed by atoms with Gasteiger partial charge in [-0.1, -0.05) is 0 Å². The Hall–Kier alpha value is -4.63. The number of hydrogen-bond acceptors (Lipinski definition) is 10. The summed E-state index contributed by atoms with van der Waals surface area (Å²) < 4.78 is 13.0. The zero-order valence-corrected chi connectivity index (χ0v) is 22.6. The molecule has 14 nitrogen and oxygen atoms in total. The molecule has 0 spiro atoms. The summed E-state index contributed by atoms with van der Waals surface area (Å²) >= 11 is 0. The van der Waals surface area contributed by atoms with E-state index < -0.39 is 21.2 Å². The van der Waals surface area contributed by atoms with Crippen molar-refractivity contribution in [1.82, 2.24) is 5.32 Å². The Labute approximate surface area is 238 Å². The second kappa shape index (κ2) is 14.0. The number of carbonyl (C=O) groups excluding carboxylic acids is 1. The molecule has 1 amide bonds. The Bertz CT molecular complexity index is 1420. The number of halogens is 1. The summed E-state index contributed by atoms with van der Waals surface area (Å²) in [6.45, 7) is 1.33. The van der Waals surface area contributed by atoms with E-state index in [0.717, 1.165) is 12.1 Å². The largest absolute Gasteiger partial charge is 1.00 e. The van der Waals surface area contributed by atoms with E-state index in [1.807, 2.05) is 0 Å². The molecular weight excluding hydrogens is 592 g/mol. The van der Waals surface area contributed by atoms with Gasteiger partial charge in [0.1, 0.15) is 24.6 Å². The lowest BCUT2D eigenvalue weighted by molar-refractivity contribution is -0.681. The number of nitro benzene ring substituents is 2. The Morgan fingerprint density at radius 3 is 2.38 bits per heavy atom. The Morgan fingerprint density at radius 2 is 1.70 bits per heavy atom. The number of nitro groups is 2. The molecule has 0 aliphatic carbocycles. The first kappa shape index (κ1) is 29.9. The van der Waals surface area contributed by atoms with Crippen LogP contribution in [0.4, 0.5) is 17.1 Å². The first-order valence-electron chi connectivity index (χ1n) is 11.9. The van der Waals surface area contributed by atoms with Crippen LogP contribution >= 0.6 is 0 Å². The number of hydrazone groups is 1. The lowest BCUT2D eigenvalue weighted by Gasteiger charge is -2.19. The van der Waals surface area contributed by atoms with E-state index in [4.69, 9.17) is 14.6 Å². The number of nitrogens with one attached hydrogen (secondary N) is 2. The van der Waals surface area contributed by atoms with Gasteiger partial charge in [0, 0.05) is 36.9 Å². The molecule has 0 radical (unpaired) electrons. The number of benzene rings is 2. The Kier molecular flexibility index (Phi) is 10.4. The molecule has 1 aliphatic heterocycles. The predicted molar refractivity (Wildman–Crippen MR) is 138 cm³/mol. The van der Waals surface area contributed by atoms with Crippen molar-refractivity contribution in [2.24, 2.45) is 5.10 Å². The highest BCUT2D eigenvalue weighted by Gasteiger charge is 2.21. The molecular formula is C25H25BrN6O8. The number of aliphatic hydroxyl groups excluding tert-OH is 1. The molecule has 3 aromatic rings. The summed E-state index contributed by atoms with van der Waals surface area (Å²) in [7, 11) is 0. The molecule has 0 atom stereocenters. The third-order valence-electron chi connectivity index (χ3n) is 5.68. The summed E-state index contributed by atoms with van der Waals surface area (Å²) in [4.78, 5) is 33.4. The van der Waals surface area contributed by atoms with Crippen molar-refractivity contribution in [2.45, 2.75) is 13.0 Å². The van der Waals surface area contributed by atoms with Crippen molar-refractivity contribution < 1.29 is 50.8 Å². The van der Waals surface area contributed by atoms with Gasteiger partial charge in [-0.2, -0.15) is 9.67 Å². The minimum Gasteiger partial charge on any atom is -1.00 e. The van der Waals surface area contributed by atoms with Crippen LogP contribution in [0.15, 0.2) is 66.0 Å². The molecule has 2 heterocycles. The number of ether oxygens (including phenoxy) is 2. The summed E-state index contributed by atoms with van der Waals surface area (Å²) in [5, 5.41) is 38.6. The van der Waals surface area contributed by atoms with E-state index in [1.165, 1.54) is 6.07 Å². The molecule has 2 aromatic carbocycles. The smallest absolute Gasteiger partial charge is 0.301 e. The third-order valence-corrected chi connectivity index (χ3v) is 5.68. The van der Waals surface area contributed by atoms with E-state index >= 15 is 0 Å². The predicted octanol–water partition coefficient (Wildman–Crippen LogP) is -0.806. The fourth-order valence-corrected chi connectivity index (χ4v) is 3.69. The molecule has 4 rings (SSSR count). The van der Waals surface area contributed by atoms with E-state index in [-0.39, 0.29) is 41.7 Å². The van der Waals surface area contributed by atoms with Crippen LogP contribution in [0.2, 0.25) is 0 Å². The Balaban J connectivity index is 0.00000441. The number of carbonyl (C=O) groups is 1. The van der Waals surface area contributed by atoms with Gasteiger partial charge in [-0.25, -0.2) is 0 Å². The van der Waals surface area contributed by atoms with Gasteiger partial charge in [0.15, 0.2) is 30.4 Å². The van der Waals surface area contributed by atoms with Crippen LogP contribution < -0.4 is 41.8 Å². The molecule has 1 aromatic heterocycles. The zero-order chi connectivity index (χ0) is 27.8. The topological polar surface area (TPSA) is 182 Å². The van der Waals surface area contributed by atoms with Crippen molar-refractivity contribution in [3.63, 3.8) is 0 Å². The van der Waals surface area contributed by atoms with Gasteiger partial charge in [0.2, 0.25) is 0 Å². The summed E-state index contributed by atoms with van der Waals surface area (Å²) in [6, 6.07) is 11.7. The van der Waals surface area contributed by atoms with Crippen molar-refractivity contribution in [3.05, 3.63) is 92.3 Å². The van der Waals surface area contributed by atoms with Crippen LogP contribution in [0, 0.1) is 20.2 Å². The maximum Gasteiger partial charge on any atom is 0.301 e. The highest BCUT2D eigenvalue weighted by atomic mass is 79.9. The van der Waals surface area contributed by atoms with Crippen LogP contribution in [0.1, 0.15) is 22.3 Å². The fourth-order valence-electron chi connectivity index (χ4n) is 3.69. The van der Waals surface area contributed by atoms with Gasteiger partial charge in [-0.05, 0) is 30.7 Å². The number of non-ortho nitro benzene ring substituents is 1. The molecule has 3 N–H and O–H groups in total. The van der Waals surface area contributed by atoms with E-state index in [2.05, 4.69) is 15.8 Å². The second-order valence-electron chi connectivity index (χ2n) is 8.34. The lowest BCUT2D eigenvalue weighted by Crippen LogP contribution is -3.00. The number of anilines is 1. The monoisotopic (exact) mass is 616 g/mol. The van der Waals surface area contributed by atoms with Crippen LogP contribution in [-0.2, 0) is 6.54 Å². The number of nitrogens with zero attached hydrogens (tertiary/aromatic N) is 4. The van der Waals surface area contributed by atoms with E-state index in [9.17, 15) is 25.0 Å².